The van der Waals surface area contributed by atoms with Crippen molar-refractivity contribution >= 4 is 28.9 Å². The van der Waals surface area contributed by atoms with Crippen LogP contribution in [-0.4, -0.2) is 31.1 Å². The molecule has 184 valence electrons. The number of thiazole rings is 1. The van der Waals surface area contributed by atoms with Gasteiger partial charge in [0.15, 0.2) is 0 Å². The average molecular weight is 509 g/mol. The van der Waals surface area contributed by atoms with Gasteiger partial charge in [0.2, 0.25) is 0 Å². The molecule has 0 saturated heterocycles. The first-order chi connectivity index (χ1) is 17.2. The SMILES string of the molecule is Cc1cc(Nc2cc(C(F)F)ccn2)nc(-c2cnc([C@]3(O)CCCc4cc(C(=O)O)ccc43)s2)c1. The standard InChI is InChI=1S/C26H22F2N4O3S/c1-14-9-19(31-22(10-14)32-21-12-16(23(27)28)6-8-29-21)20-13-30-25(36-20)26(35)7-2-3-15-11-17(24(33)34)4-5-18(15)26/h4-6,8-13,23,35H,2-3,7H2,1H3,(H,33,34)(H,29,31,32)/t26-/m0/s1. The zero-order chi connectivity index (χ0) is 25.4. The van der Waals surface area contributed by atoms with Crippen LogP contribution in [0.25, 0.3) is 10.6 Å². The third kappa shape index (κ3) is 4.57. The van der Waals surface area contributed by atoms with Crippen LogP contribution >= 0.6 is 11.3 Å². The molecule has 5 rings (SSSR count). The molecule has 1 aliphatic rings. The van der Waals surface area contributed by atoms with E-state index in [1.165, 1.54) is 35.7 Å². The van der Waals surface area contributed by atoms with E-state index in [4.69, 9.17) is 0 Å². The molecular weight excluding hydrogens is 486 g/mol. The molecular formula is C26H22F2N4O3S. The van der Waals surface area contributed by atoms with Crippen LogP contribution in [0.4, 0.5) is 20.4 Å². The van der Waals surface area contributed by atoms with Gasteiger partial charge in [-0.25, -0.2) is 28.5 Å². The molecule has 0 fully saturated rings. The number of halogens is 2. The van der Waals surface area contributed by atoms with Crippen molar-refractivity contribution in [1.82, 2.24) is 15.0 Å². The Morgan fingerprint density at radius 3 is 2.75 bits per heavy atom. The third-order valence-electron chi connectivity index (χ3n) is 6.16. The molecule has 3 N–H and O–H groups in total. The molecule has 0 saturated carbocycles. The number of carboxylic acid groups (broad SMARTS) is 1. The van der Waals surface area contributed by atoms with Gasteiger partial charge in [0.05, 0.1) is 16.1 Å². The number of carbonyl (C=O) groups is 1. The van der Waals surface area contributed by atoms with E-state index in [0.717, 1.165) is 16.0 Å². The summed E-state index contributed by atoms with van der Waals surface area (Å²) < 4.78 is 26.1. The number of pyridine rings is 2. The summed E-state index contributed by atoms with van der Waals surface area (Å²) >= 11 is 1.31. The van der Waals surface area contributed by atoms with Gasteiger partial charge in [-0.05, 0) is 79.3 Å². The number of aryl methyl sites for hydroxylation is 2. The number of rotatable bonds is 6. The Bertz CT molecular complexity index is 1460. The van der Waals surface area contributed by atoms with Crippen molar-refractivity contribution < 1.29 is 23.8 Å². The van der Waals surface area contributed by atoms with Gasteiger partial charge in [0, 0.05) is 18.0 Å². The zero-order valence-corrected chi connectivity index (χ0v) is 20.0. The summed E-state index contributed by atoms with van der Waals surface area (Å²) in [6, 6.07) is 11.0. The molecule has 0 aliphatic heterocycles. The molecule has 3 aromatic heterocycles. The first kappa shape index (κ1) is 24.0. The number of hydrogen-bond acceptors (Lipinski definition) is 7. The Labute approximate surface area is 209 Å². The van der Waals surface area contributed by atoms with Crippen molar-refractivity contribution in [3.63, 3.8) is 0 Å². The third-order valence-corrected chi connectivity index (χ3v) is 7.33. The Kier molecular flexibility index (Phi) is 6.23. The molecule has 0 bridgehead atoms. The van der Waals surface area contributed by atoms with Gasteiger partial charge in [0.1, 0.15) is 22.2 Å². The smallest absolute Gasteiger partial charge is 0.335 e. The predicted molar refractivity (Wildman–Crippen MR) is 132 cm³/mol. The Morgan fingerprint density at radius 1 is 1.14 bits per heavy atom. The lowest BCUT2D eigenvalue weighted by Gasteiger charge is -2.33. The van der Waals surface area contributed by atoms with Crippen LogP contribution in [0.1, 0.15) is 56.9 Å². The lowest BCUT2D eigenvalue weighted by Crippen LogP contribution is -2.32. The lowest BCUT2D eigenvalue weighted by molar-refractivity contribution is 0.0607. The number of alkyl halides is 2. The van der Waals surface area contributed by atoms with E-state index < -0.39 is 18.0 Å². The second-order valence-electron chi connectivity index (χ2n) is 8.74. The predicted octanol–water partition coefficient (Wildman–Crippen LogP) is 5.86. The molecule has 3 heterocycles. The highest BCUT2D eigenvalue weighted by Crippen LogP contribution is 2.43. The first-order valence-corrected chi connectivity index (χ1v) is 12.1. The molecule has 36 heavy (non-hydrogen) atoms. The summed E-state index contributed by atoms with van der Waals surface area (Å²) in [4.78, 5) is 25.3. The van der Waals surface area contributed by atoms with Crippen molar-refractivity contribution in [2.24, 2.45) is 0 Å². The van der Waals surface area contributed by atoms with E-state index in [-0.39, 0.29) is 16.9 Å². The van der Waals surface area contributed by atoms with Gasteiger partial charge >= 0.3 is 5.97 Å². The fraction of sp³-hybridized carbons (Fsp3) is 0.231. The maximum Gasteiger partial charge on any atom is 0.335 e. The summed E-state index contributed by atoms with van der Waals surface area (Å²) in [5.41, 5.74) is 1.72. The van der Waals surface area contributed by atoms with Gasteiger partial charge in [-0.3, -0.25) is 0 Å². The van der Waals surface area contributed by atoms with Crippen molar-refractivity contribution in [2.45, 2.75) is 38.2 Å². The molecule has 1 atom stereocenters. The van der Waals surface area contributed by atoms with Gasteiger partial charge in [-0.2, -0.15) is 0 Å². The maximum absolute atomic E-state index is 13.0. The highest BCUT2D eigenvalue weighted by Gasteiger charge is 2.39. The zero-order valence-electron chi connectivity index (χ0n) is 19.2. The second kappa shape index (κ2) is 9.36. The highest BCUT2D eigenvalue weighted by atomic mass is 32.1. The summed E-state index contributed by atoms with van der Waals surface area (Å²) in [7, 11) is 0. The maximum atomic E-state index is 13.0. The molecule has 0 amide bonds. The first-order valence-electron chi connectivity index (χ1n) is 11.3. The normalized spacial score (nSPS) is 17.1. The number of carboxylic acids is 1. The monoisotopic (exact) mass is 508 g/mol. The minimum absolute atomic E-state index is 0.135. The van der Waals surface area contributed by atoms with Gasteiger partial charge in [-0.1, -0.05) is 6.07 Å². The average Bonchev–Trinajstić information content (AvgIpc) is 3.35. The number of nitrogens with one attached hydrogen (secondary N) is 1. The van der Waals surface area contributed by atoms with Crippen LogP contribution in [0.2, 0.25) is 0 Å². The quantitative estimate of drug-likeness (QED) is 0.299. The number of aromatic nitrogens is 3. The number of anilines is 2. The summed E-state index contributed by atoms with van der Waals surface area (Å²) in [5.74, 6) is -0.299. The van der Waals surface area contributed by atoms with Crippen molar-refractivity contribution in [3.05, 3.63) is 87.7 Å². The van der Waals surface area contributed by atoms with Crippen molar-refractivity contribution in [1.29, 1.82) is 0 Å². The number of nitrogens with zero attached hydrogens (tertiary/aromatic N) is 3. The van der Waals surface area contributed by atoms with Gasteiger partial charge in [0.25, 0.3) is 6.43 Å². The Morgan fingerprint density at radius 2 is 1.97 bits per heavy atom. The molecule has 0 radical (unpaired) electrons. The molecule has 10 heteroatoms. The molecule has 1 aromatic carbocycles. The van der Waals surface area contributed by atoms with E-state index in [1.807, 2.05) is 13.0 Å². The number of benzene rings is 1. The summed E-state index contributed by atoms with van der Waals surface area (Å²) in [6.07, 6.45) is 2.23. The fourth-order valence-electron chi connectivity index (χ4n) is 4.45. The fourth-order valence-corrected chi connectivity index (χ4v) is 5.46. The van der Waals surface area contributed by atoms with Gasteiger partial charge < -0.3 is 15.5 Å². The number of aromatic carboxylic acids is 1. The largest absolute Gasteiger partial charge is 0.478 e. The van der Waals surface area contributed by atoms with E-state index >= 15 is 0 Å². The molecule has 1 aliphatic carbocycles. The minimum atomic E-state index is -2.60. The van der Waals surface area contributed by atoms with Crippen LogP contribution in [0, 0.1) is 6.92 Å². The van der Waals surface area contributed by atoms with Crippen LogP contribution in [0.3, 0.4) is 0 Å². The summed E-state index contributed by atoms with van der Waals surface area (Å²) in [5, 5.41) is 24.5. The Hall–Kier alpha value is -3.76. The van der Waals surface area contributed by atoms with Crippen molar-refractivity contribution in [3.8, 4) is 10.6 Å². The molecule has 0 unspecified atom stereocenters. The number of fused-ring (bicyclic) bond motifs is 1. The number of hydrogen-bond donors (Lipinski definition) is 3. The van der Waals surface area contributed by atoms with Gasteiger partial charge in [-0.15, -0.1) is 11.3 Å². The van der Waals surface area contributed by atoms with E-state index in [0.29, 0.717) is 41.3 Å². The van der Waals surface area contributed by atoms with Crippen LogP contribution in [0.5, 0.6) is 0 Å². The molecule has 7 nitrogen and oxygen atoms in total. The van der Waals surface area contributed by atoms with E-state index in [2.05, 4.69) is 20.3 Å². The Balaban J connectivity index is 1.46. The van der Waals surface area contributed by atoms with Crippen LogP contribution in [-0.2, 0) is 12.0 Å². The minimum Gasteiger partial charge on any atom is -0.478 e. The van der Waals surface area contributed by atoms with E-state index in [9.17, 15) is 23.8 Å². The van der Waals surface area contributed by atoms with Crippen LogP contribution in [0.15, 0.2) is 54.9 Å². The highest BCUT2D eigenvalue weighted by molar-refractivity contribution is 7.15. The molecule has 4 aromatic rings. The van der Waals surface area contributed by atoms with Crippen LogP contribution < -0.4 is 5.32 Å². The van der Waals surface area contributed by atoms with Crippen molar-refractivity contribution in [2.75, 3.05) is 5.32 Å². The lowest BCUT2D eigenvalue weighted by atomic mass is 9.79. The molecule has 0 spiro atoms. The summed E-state index contributed by atoms with van der Waals surface area (Å²) in [6.45, 7) is 1.90. The second-order valence-corrected chi connectivity index (χ2v) is 9.77. The topological polar surface area (TPSA) is 108 Å². The van der Waals surface area contributed by atoms with E-state index in [1.54, 1.807) is 24.4 Å². The number of aliphatic hydroxyl groups is 1.